The summed E-state index contributed by atoms with van der Waals surface area (Å²) >= 11 is 3.15. The summed E-state index contributed by atoms with van der Waals surface area (Å²) < 4.78 is 6.30. The summed E-state index contributed by atoms with van der Waals surface area (Å²) in [6, 6.07) is 10.4. The van der Waals surface area contributed by atoms with Crippen LogP contribution in [0.1, 0.15) is 30.9 Å². The van der Waals surface area contributed by atoms with Crippen molar-refractivity contribution in [3.63, 3.8) is 0 Å². The number of benzene rings is 1. The third-order valence-corrected chi connectivity index (χ3v) is 5.44. The van der Waals surface area contributed by atoms with Gasteiger partial charge in [0.15, 0.2) is 4.34 Å². The Balaban J connectivity index is 1.43. The van der Waals surface area contributed by atoms with E-state index in [1.165, 1.54) is 12.8 Å². The van der Waals surface area contributed by atoms with E-state index >= 15 is 0 Å². The number of rotatable bonds is 6. The van der Waals surface area contributed by atoms with E-state index in [0.717, 1.165) is 15.0 Å². The predicted octanol–water partition coefficient (Wildman–Crippen LogP) is 4.02. The van der Waals surface area contributed by atoms with Gasteiger partial charge in [0, 0.05) is 11.6 Å². The van der Waals surface area contributed by atoms with Crippen LogP contribution in [0, 0.1) is 0 Å². The molecule has 0 bridgehead atoms. The number of hydrogen-bond donors (Lipinski definition) is 1. The predicted molar refractivity (Wildman–Crippen MR) is 90.6 cm³/mol. The highest BCUT2D eigenvalue weighted by Gasteiger charge is 2.23. The third-order valence-electron chi connectivity index (χ3n) is 3.41. The molecule has 1 aliphatic rings. The molecule has 1 unspecified atom stereocenters. The maximum atomic E-state index is 5.39. The topological polar surface area (TPSA) is 76.7 Å². The van der Waals surface area contributed by atoms with Crippen LogP contribution in [-0.2, 0) is 0 Å². The minimum atomic E-state index is 0.0293. The van der Waals surface area contributed by atoms with Crippen molar-refractivity contribution in [2.45, 2.75) is 35.4 Å². The van der Waals surface area contributed by atoms with Crippen LogP contribution in [0.3, 0.4) is 0 Å². The summed E-state index contributed by atoms with van der Waals surface area (Å²) in [6.07, 6.45) is 2.45. The van der Waals surface area contributed by atoms with E-state index in [1.807, 2.05) is 37.3 Å². The molecule has 0 saturated heterocycles. The van der Waals surface area contributed by atoms with E-state index in [1.54, 1.807) is 23.1 Å². The summed E-state index contributed by atoms with van der Waals surface area (Å²) in [7, 11) is 0. The minimum absolute atomic E-state index is 0.0293. The van der Waals surface area contributed by atoms with Crippen LogP contribution in [0.2, 0.25) is 0 Å². The lowest BCUT2D eigenvalue weighted by atomic mass is 10.2. The normalized spacial score (nSPS) is 15.5. The largest absolute Gasteiger partial charge is 0.357 e. The summed E-state index contributed by atoms with van der Waals surface area (Å²) in [4.78, 5) is 4.48. The Morgan fingerprint density at radius 3 is 2.87 bits per heavy atom. The quantitative estimate of drug-likeness (QED) is 0.676. The molecule has 1 atom stereocenters. The average molecular weight is 345 g/mol. The Morgan fingerprint density at radius 1 is 1.26 bits per heavy atom. The lowest BCUT2D eigenvalue weighted by Crippen LogP contribution is -1.99. The Kier molecular flexibility index (Phi) is 4.00. The van der Waals surface area contributed by atoms with Gasteiger partial charge in [-0.1, -0.05) is 58.6 Å². The van der Waals surface area contributed by atoms with Gasteiger partial charge in [0.05, 0.1) is 5.25 Å². The van der Waals surface area contributed by atoms with Gasteiger partial charge in [0.1, 0.15) is 0 Å². The van der Waals surface area contributed by atoms with Gasteiger partial charge in [-0.05, 0) is 19.8 Å². The molecule has 0 amide bonds. The first-order chi connectivity index (χ1) is 11.3. The first-order valence-electron chi connectivity index (χ1n) is 7.43. The summed E-state index contributed by atoms with van der Waals surface area (Å²) in [6.45, 7) is 2.03. The molecular formula is C15H15N5OS2. The number of nitrogens with one attached hydrogen (secondary N) is 1. The van der Waals surface area contributed by atoms with Crippen LogP contribution in [0.4, 0.5) is 5.13 Å². The highest BCUT2D eigenvalue weighted by atomic mass is 32.2. The second-order valence-electron chi connectivity index (χ2n) is 5.37. The Hall–Kier alpha value is -1.93. The SMILES string of the molecule is CC(Sc1nnc(NC2CC2)s1)c1nc(-c2ccccc2)no1. The van der Waals surface area contributed by atoms with Crippen LogP contribution in [0.25, 0.3) is 11.4 Å². The molecule has 23 heavy (non-hydrogen) atoms. The summed E-state index contributed by atoms with van der Waals surface area (Å²) in [5.41, 5.74) is 0.950. The van der Waals surface area contributed by atoms with Crippen molar-refractivity contribution in [1.82, 2.24) is 20.3 Å². The van der Waals surface area contributed by atoms with Crippen LogP contribution < -0.4 is 5.32 Å². The molecule has 0 spiro atoms. The van der Waals surface area contributed by atoms with E-state index in [2.05, 4.69) is 25.7 Å². The monoisotopic (exact) mass is 345 g/mol. The van der Waals surface area contributed by atoms with Crippen LogP contribution >= 0.6 is 23.1 Å². The zero-order valence-electron chi connectivity index (χ0n) is 12.5. The number of aromatic nitrogens is 4. The maximum absolute atomic E-state index is 5.39. The fourth-order valence-electron chi connectivity index (χ4n) is 2.02. The second kappa shape index (κ2) is 6.29. The van der Waals surface area contributed by atoms with Crippen molar-refractivity contribution in [3.8, 4) is 11.4 Å². The molecule has 3 aromatic rings. The van der Waals surface area contributed by atoms with E-state index in [9.17, 15) is 0 Å². The van der Waals surface area contributed by atoms with E-state index in [4.69, 9.17) is 4.52 Å². The van der Waals surface area contributed by atoms with E-state index < -0.39 is 0 Å². The standard InChI is InChI=1S/C15H15N5OS2/c1-9(22-15-19-18-14(23-15)16-11-7-8-11)13-17-12(20-21-13)10-5-3-2-4-6-10/h2-6,9,11H,7-8H2,1H3,(H,16,18). The van der Waals surface area contributed by atoms with Crippen molar-refractivity contribution in [2.24, 2.45) is 0 Å². The third kappa shape index (κ3) is 3.53. The van der Waals surface area contributed by atoms with Crippen molar-refractivity contribution in [1.29, 1.82) is 0 Å². The van der Waals surface area contributed by atoms with Gasteiger partial charge in [-0.25, -0.2) is 0 Å². The smallest absolute Gasteiger partial charge is 0.240 e. The van der Waals surface area contributed by atoms with Crippen LogP contribution in [0.15, 0.2) is 39.2 Å². The molecule has 1 N–H and O–H groups in total. The molecule has 118 valence electrons. The van der Waals surface area contributed by atoms with Gasteiger partial charge in [-0.15, -0.1) is 10.2 Å². The fourth-order valence-corrected chi connectivity index (χ4v) is 4.03. The lowest BCUT2D eigenvalue weighted by Gasteiger charge is -2.01. The minimum Gasteiger partial charge on any atom is -0.357 e. The zero-order valence-corrected chi connectivity index (χ0v) is 14.1. The fraction of sp³-hybridized carbons (Fsp3) is 0.333. The lowest BCUT2D eigenvalue weighted by molar-refractivity contribution is 0.381. The van der Waals surface area contributed by atoms with Crippen molar-refractivity contribution in [3.05, 3.63) is 36.2 Å². The number of nitrogens with zero attached hydrogens (tertiary/aromatic N) is 4. The maximum Gasteiger partial charge on any atom is 0.240 e. The first kappa shape index (κ1) is 14.6. The van der Waals surface area contributed by atoms with Gasteiger partial charge in [0.25, 0.3) is 0 Å². The molecule has 1 aliphatic carbocycles. The molecule has 0 aliphatic heterocycles. The Labute approximate surface area is 141 Å². The van der Waals surface area contributed by atoms with Gasteiger partial charge in [-0.2, -0.15) is 4.98 Å². The number of anilines is 1. The first-order valence-corrected chi connectivity index (χ1v) is 9.13. The number of hydrogen-bond acceptors (Lipinski definition) is 8. The molecule has 0 radical (unpaired) electrons. The van der Waals surface area contributed by atoms with Crippen LogP contribution in [0.5, 0.6) is 0 Å². The van der Waals surface area contributed by atoms with E-state index in [-0.39, 0.29) is 5.25 Å². The van der Waals surface area contributed by atoms with Crippen molar-refractivity contribution >= 4 is 28.2 Å². The van der Waals surface area contributed by atoms with E-state index in [0.29, 0.717) is 17.8 Å². The Morgan fingerprint density at radius 2 is 2.09 bits per heavy atom. The highest BCUT2D eigenvalue weighted by Crippen LogP contribution is 2.38. The zero-order chi connectivity index (χ0) is 15.6. The Bertz CT molecular complexity index is 784. The second-order valence-corrected chi connectivity index (χ2v) is 7.94. The highest BCUT2D eigenvalue weighted by molar-refractivity contribution is 8.01. The summed E-state index contributed by atoms with van der Waals surface area (Å²) in [5.74, 6) is 1.21. The molecule has 4 rings (SSSR count). The molecule has 1 aromatic carbocycles. The molecule has 8 heteroatoms. The molecular weight excluding hydrogens is 330 g/mol. The number of thioether (sulfide) groups is 1. The molecule has 2 aromatic heterocycles. The molecule has 1 saturated carbocycles. The molecule has 2 heterocycles. The van der Waals surface area contributed by atoms with Crippen molar-refractivity contribution in [2.75, 3.05) is 5.32 Å². The average Bonchev–Trinajstić information content (AvgIpc) is 3.07. The van der Waals surface area contributed by atoms with Gasteiger partial charge < -0.3 is 9.84 Å². The summed E-state index contributed by atoms with van der Waals surface area (Å²) in [5, 5.41) is 16.7. The van der Waals surface area contributed by atoms with Gasteiger partial charge >= 0.3 is 0 Å². The molecule has 6 nitrogen and oxygen atoms in total. The van der Waals surface area contributed by atoms with Gasteiger partial charge in [0.2, 0.25) is 16.8 Å². The van der Waals surface area contributed by atoms with Crippen LogP contribution in [-0.4, -0.2) is 26.4 Å². The van der Waals surface area contributed by atoms with Gasteiger partial charge in [-0.3, -0.25) is 0 Å². The molecule has 1 fully saturated rings. The van der Waals surface area contributed by atoms with Crippen molar-refractivity contribution < 1.29 is 4.52 Å².